The molecule has 7 nitrogen and oxygen atoms in total. The van der Waals surface area contributed by atoms with Crippen LogP contribution in [0, 0.1) is 11.3 Å². The molecule has 2 aromatic heterocycles. The second-order valence-electron chi connectivity index (χ2n) is 10.0. The van der Waals surface area contributed by atoms with Crippen molar-refractivity contribution in [3.63, 3.8) is 0 Å². The lowest BCUT2D eigenvalue weighted by Gasteiger charge is -2.39. The minimum Gasteiger partial charge on any atom is -0.353 e. The summed E-state index contributed by atoms with van der Waals surface area (Å²) in [6, 6.07) is 9.70. The van der Waals surface area contributed by atoms with Crippen molar-refractivity contribution in [3.8, 4) is 5.69 Å². The van der Waals surface area contributed by atoms with E-state index in [0.29, 0.717) is 34.3 Å². The quantitative estimate of drug-likeness (QED) is 0.608. The maximum absolute atomic E-state index is 13.3. The first kappa shape index (κ1) is 21.2. The molecule has 3 atom stereocenters. The minimum absolute atomic E-state index is 0.0188. The van der Waals surface area contributed by atoms with E-state index in [2.05, 4.69) is 31.2 Å². The van der Waals surface area contributed by atoms with Crippen LogP contribution in [-0.4, -0.2) is 37.0 Å². The Balaban J connectivity index is 1.37. The van der Waals surface area contributed by atoms with E-state index in [1.165, 1.54) is 18.2 Å². The molecule has 1 saturated carbocycles. The zero-order valence-corrected chi connectivity index (χ0v) is 19.6. The van der Waals surface area contributed by atoms with Crippen LogP contribution in [0.2, 0.25) is 0 Å². The summed E-state index contributed by atoms with van der Waals surface area (Å²) in [7, 11) is 0. The molecule has 1 aliphatic heterocycles. The molecule has 1 N–H and O–H groups in total. The van der Waals surface area contributed by atoms with Gasteiger partial charge < -0.3 is 5.32 Å². The Hall–Kier alpha value is -2.61. The highest BCUT2D eigenvalue weighted by molar-refractivity contribution is 7.99. The number of rotatable bonds is 4. The molecule has 0 bridgehead atoms. The lowest BCUT2D eigenvalue weighted by molar-refractivity contribution is -0.123. The highest BCUT2D eigenvalue weighted by atomic mass is 32.2. The van der Waals surface area contributed by atoms with E-state index in [0.717, 1.165) is 18.5 Å². The number of carbonyl (C=O) groups is 1. The molecule has 32 heavy (non-hydrogen) atoms. The van der Waals surface area contributed by atoms with E-state index in [9.17, 15) is 9.59 Å². The Labute approximate surface area is 191 Å². The first-order valence-electron chi connectivity index (χ1n) is 11.3. The molecule has 1 aliphatic carbocycles. The van der Waals surface area contributed by atoms with Crippen molar-refractivity contribution in [2.75, 3.05) is 5.75 Å². The highest BCUT2D eigenvalue weighted by Gasteiger charge is 2.34. The van der Waals surface area contributed by atoms with Crippen LogP contribution in [0.4, 0.5) is 0 Å². The molecule has 0 saturated heterocycles. The Bertz CT molecular complexity index is 1220. The van der Waals surface area contributed by atoms with Crippen molar-refractivity contribution in [3.05, 3.63) is 46.9 Å². The molecule has 3 unspecified atom stereocenters. The van der Waals surface area contributed by atoms with Crippen LogP contribution in [0.5, 0.6) is 0 Å². The molecule has 3 aromatic rings. The van der Waals surface area contributed by atoms with Crippen molar-refractivity contribution in [1.29, 1.82) is 0 Å². The molecule has 0 spiro atoms. The Morgan fingerprint density at radius 2 is 2.03 bits per heavy atom. The number of nitrogens with one attached hydrogen (secondary N) is 1. The molecular formula is C24H29N5O2S. The first-order valence-corrected chi connectivity index (χ1v) is 12.3. The number of hydrogen-bond acceptors (Lipinski definition) is 5. The average Bonchev–Trinajstić information content (AvgIpc) is 3.32. The fourth-order valence-corrected chi connectivity index (χ4v) is 6.63. The summed E-state index contributed by atoms with van der Waals surface area (Å²) in [6.45, 7) is 6.81. The monoisotopic (exact) mass is 451 g/mol. The van der Waals surface area contributed by atoms with Gasteiger partial charge in [-0.25, -0.2) is 9.67 Å². The molecule has 0 radical (unpaired) electrons. The summed E-state index contributed by atoms with van der Waals surface area (Å²) in [6.07, 6.45) is 5.09. The van der Waals surface area contributed by atoms with Crippen molar-refractivity contribution in [1.82, 2.24) is 24.6 Å². The topological polar surface area (TPSA) is 81.8 Å². The number of thioether (sulfide) groups is 1. The number of benzene rings is 1. The number of amides is 1. The normalized spacial score (nSPS) is 24.4. The van der Waals surface area contributed by atoms with Crippen LogP contribution in [0.1, 0.15) is 52.5 Å². The van der Waals surface area contributed by atoms with Gasteiger partial charge in [-0.15, -0.1) is 0 Å². The maximum atomic E-state index is 13.3. The van der Waals surface area contributed by atoms with Gasteiger partial charge in [-0.3, -0.25) is 14.2 Å². The van der Waals surface area contributed by atoms with Gasteiger partial charge in [0.15, 0.2) is 10.8 Å². The Morgan fingerprint density at radius 3 is 2.78 bits per heavy atom. The summed E-state index contributed by atoms with van der Waals surface area (Å²) in [5.41, 5.74) is 1.55. The lowest BCUT2D eigenvalue weighted by Crippen LogP contribution is -2.43. The van der Waals surface area contributed by atoms with Crippen molar-refractivity contribution in [2.24, 2.45) is 11.3 Å². The predicted octanol–water partition coefficient (Wildman–Crippen LogP) is 3.95. The molecule has 1 amide bonds. The van der Waals surface area contributed by atoms with Gasteiger partial charge in [-0.1, -0.05) is 50.7 Å². The zero-order chi connectivity index (χ0) is 22.5. The molecular weight excluding hydrogens is 422 g/mol. The van der Waals surface area contributed by atoms with Gasteiger partial charge in [-0.05, 0) is 42.7 Å². The fraction of sp³-hybridized carbons (Fsp3) is 0.500. The number of fused-ring (bicyclic) bond motifs is 2. The van der Waals surface area contributed by atoms with Crippen LogP contribution in [-0.2, 0) is 4.79 Å². The molecule has 1 fully saturated rings. The summed E-state index contributed by atoms with van der Waals surface area (Å²) in [5, 5.41) is 8.79. The van der Waals surface area contributed by atoms with Crippen LogP contribution < -0.4 is 10.9 Å². The van der Waals surface area contributed by atoms with Crippen molar-refractivity contribution >= 4 is 28.7 Å². The van der Waals surface area contributed by atoms with E-state index in [-0.39, 0.29) is 29.0 Å². The van der Waals surface area contributed by atoms with Crippen LogP contribution in [0.3, 0.4) is 0 Å². The third kappa shape index (κ3) is 3.96. The van der Waals surface area contributed by atoms with Crippen LogP contribution in [0.25, 0.3) is 16.7 Å². The molecule has 2 aliphatic rings. The van der Waals surface area contributed by atoms with Gasteiger partial charge in [-0.2, -0.15) is 5.10 Å². The SMILES string of the molecule is CC1CC(NC(=O)CC2CSc3nc4c(cnn4-c4ccccc4)c(=O)n32)CC(C)(C)C1. The third-order valence-corrected chi connectivity index (χ3v) is 7.64. The molecule has 5 rings (SSSR count). The maximum Gasteiger partial charge on any atom is 0.265 e. The van der Waals surface area contributed by atoms with Crippen LogP contribution in [0.15, 0.2) is 46.5 Å². The molecule has 8 heteroatoms. The van der Waals surface area contributed by atoms with Gasteiger partial charge in [0.05, 0.1) is 17.9 Å². The van der Waals surface area contributed by atoms with Crippen molar-refractivity contribution < 1.29 is 4.79 Å². The molecule has 1 aromatic carbocycles. The van der Waals surface area contributed by atoms with Crippen LogP contribution >= 0.6 is 11.8 Å². The smallest absolute Gasteiger partial charge is 0.265 e. The third-order valence-electron chi connectivity index (χ3n) is 6.54. The minimum atomic E-state index is -0.187. The summed E-state index contributed by atoms with van der Waals surface area (Å²) < 4.78 is 3.39. The summed E-state index contributed by atoms with van der Waals surface area (Å²) >= 11 is 1.53. The lowest BCUT2D eigenvalue weighted by atomic mass is 9.70. The average molecular weight is 452 g/mol. The number of para-hydroxylation sites is 1. The summed E-state index contributed by atoms with van der Waals surface area (Å²) in [5.74, 6) is 1.30. The second-order valence-corrected chi connectivity index (χ2v) is 11.0. The van der Waals surface area contributed by atoms with E-state index in [1.54, 1.807) is 15.4 Å². The highest BCUT2D eigenvalue weighted by Crippen LogP contribution is 2.39. The number of nitrogens with zero attached hydrogens (tertiary/aromatic N) is 4. The molecule has 168 valence electrons. The van der Waals surface area contributed by atoms with E-state index in [1.807, 2.05) is 30.3 Å². The van der Waals surface area contributed by atoms with Crippen molar-refractivity contribution in [2.45, 2.75) is 63.7 Å². The van der Waals surface area contributed by atoms with Gasteiger partial charge >= 0.3 is 0 Å². The largest absolute Gasteiger partial charge is 0.353 e. The Kier molecular flexibility index (Phi) is 5.35. The van der Waals surface area contributed by atoms with Gasteiger partial charge in [0.1, 0.15) is 5.39 Å². The van der Waals surface area contributed by atoms with Gasteiger partial charge in [0.2, 0.25) is 5.91 Å². The number of hydrogen-bond donors (Lipinski definition) is 1. The molecule has 3 heterocycles. The van der Waals surface area contributed by atoms with Gasteiger partial charge in [0.25, 0.3) is 5.56 Å². The first-order chi connectivity index (χ1) is 15.3. The summed E-state index contributed by atoms with van der Waals surface area (Å²) in [4.78, 5) is 30.9. The van der Waals surface area contributed by atoms with E-state index < -0.39 is 0 Å². The zero-order valence-electron chi connectivity index (χ0n) is 18.7. The van der Waals surface area contributed by atoms with E-state index in [4.69, 9.17) is 4.98 Å². The standard InChI is InChI=1S/C24H29N5O2S/c1-15-9-16(12-24(2,3)11-15)26-20(30)10-18-14-32-23-27-21-19(22(31)28(18)23)13-25-29(21)17-7-5-4-6-8-17/h4-8,13,15-16,18H,9-12,14H2,1-3H3,(H,26,30). The van der Waals surface area contributed by atoms with Gasteiger partial charge in [0, 0.05) is 18.2 Å². The predicted molar refractivity (Wildman–Crippen MR) is 126 cm³/mol. The number of aromatic nitrogens is 4. The van der Waals surface area contributed by atoms with E-state index >= 15 is 0 Å². The Morgan fingerprint density at radius 1 is 1.25 bits per heavy atom. The second kappa shape index (κ2) is 8.06. The fourth-order valence-electron chi connectivity index (χ4n) is 5.50. The number of carbonyl (C=O) groups excluding carboxylic acids is 1.